The van der Waals surface area contributed by atoms with Gasteiger partial charge < -0.3 is 9.52 Å². The Labute approximate surface area is 114 Å². The Morgan fingerprint density at radius 2 is 2.20 bits per heavy atom. The fourth-order valence-corrected chi connectivity index (χ4v) is 2.09. The number of pyridine rings is 1. The Morgan fingerprint density at radius 1 is 1.40 bits per heavy atom. The van der Waals surface area contributed by atoms with Crippen LogP contribution < -0.4 is 0 Å². The minimum atomic E-state index is -1.11. The molecule has 6 heteroatoms. The van der Waals surface area contributed by atoms with E-state index in [1.165, 1.54) is 0 Å². The highest BCUT2D eigenvalue weighted by Gasteiger charge is 2.23. The number of carboxylic acid groups (broad SMARTS) is 1. The van der Waals surface area contributed by atoms with Gasteiger partial charge in [-0.3, -0.25) is 0 Å². The molecule has 0 fully saturated rings. The number of nitrogens with zero attached hydrogens (tertiary/aromatic N) is 3. The van der Waals surface area contributed by atoms with Crippen LogP contribution in [0.5, 0.6) is 0 Å². The third kappa shape index (κ3) is 1.85. The monoisotopic (exact) mass is 271 g/mol. The predicted molar refractivity (Wildman–Crippen MR) is 71.7 cm³/mol. The first-order valence-electron chi connectivity index (χ1n) is 6.24. The van der Waals surface area contributed by atoms with Gasteiger partial charge in [0.15, 0.2) is 0 Å². The zero-order valence-corrected chi connectivity index (χ0v) is 11.1. The summed E-state index contributed by atoms with van der Waals surface area (Å²) in [4.78, 5) is 15.5. The number of oxazole rings is 1. The summed E-state index contributed by atoms with van der Waals surface area (Å²) in [5.74, 6) is -0.957. The van der Waals surface area contributed by atoms with Crippen molar-refractivity contribution in [1.29, 1.82) is 0 Å². The number of rotatable bonds is 3. The first kappa shape index (κ1) is 12.4. The lowest BCUT2D eigenvalue weighted by Crippen LogP contribution is -2.01. The maximum absolute atomic E-state index is 11.2. The van der Waals surface area contributed by atoms with Gasteiger partial charge in [0.05, 0.1) is 23.0 Å². The molecular weight excluding hydrogens is 258 g/mol. The van der Waals surface area contributed by atoms with E-state index in [0.717, 1.165) is 5.52 Å². The maximum atomic E-state index is 11.2. The van der Waals surface area contributed by atoms with Crippen molar-refractivity contribution in [1.82, 2.24) is 14.6 Å². The summed E-state index contributed by atoms with van der Waals surface area (Å²) in [6.07, 6.45) is 3.43. The Balaban J connectivity index is 2.20. The number of hydrogen-bond donors (Lipinski definition) is 1. The molecule has 20 heavy (non-hydrogen) atoms. The molecule has 0 aliphatic carbocycles. The molecule has 3 aromatic heterocycles. The lowest BCUT2D eigenvalue weighted by molar-refractivity contribution is 0.0661. The summed E-state index contributed by atoms with van der Waals surface area (Å²) in [6, 6.07) is 5.62. The second-order valence-corrected chi connectivity index (χ2v) is 4.78. The van der Waals surface area contributed by atoms with Gasteiger partial charge in [0, 0.05) is 6.20 Å². The second kappa shape index (κ2) is 4.48. The molecule has 0 spiro atoms. The Kier molecular flexibility index (Phi) is 2.78. The van der Waals surface area contributed by atoms with E-state index in [1.54, 1.807) is 10.7 Å². The molecule has 3 aromatic rings. The number of fused-ring (bicyclic) bond motifs is 1. The topological polar surface area (TPSA) is 80.6 Å². The molecule has 0 amide bonds. The van der Waals surface area contributed by atoms with Crippen LogP contribution in [0.3, 0.4) is 0 Å². The van der Waals surface area contributed by atoms with E-state index in [9.17, 15) is 9.90 Å². The van der Waals surface area contributed by atoms with Gasteiger partial charge in [-0.2, -0.15) is 5.10 Å². The van der Waals surface area contributed by atoms with Crippen molar-refractivity contribution < 1.29 is 14.3 Å². The number of carboxylic acids is 1. The molecule has 102 valence electrons. The van der Waals surface area contributed by atoms with Crippen LogP contribution in [0.15, 0.2) is 35.0 Å². The SMILES string of the molecule is CC(C)c1nc(-c2cnn3ccccc23)oc1C(=O)O. The molecular formula is C14H13N3O3. The van der Waals surface area contributed by atoms with Gasteiger partial charge in [-0.15, -0.1) is 0 Å². The van der Waals surface area contributed by atoms with E-state index in [2.05, 4.69) is 10.1 Å². The van der Waals surface area contributed by atoms with Crippen LogP contribution in [0.25, 0.3) is 17.0 Å². The summed E-state index contributed by atoms with van der Waals surface area (Å²) < 4.78 is 7.12. The summed E-state index contributed by atoms with van der Waals surface area (Å²) in [7, 11) is 0. The van der Waals surface area contributed by atoms with Gasteiger partial charge in [-0.25, -0.2) is 14.3 Å². The molecule has 0 bridgehead atoms. The summed E-state index contributed by atoms with van der Waals surface area (Å²) in [5.41, 5.74) is 1.95. The fourth-order valence-electron chi connectivity index (χ4n) is 2.09. The van der Waals surface area contributed by atoms with Gasteiger partial charge in [-0.1, -0.05) is 19.9 Å². The summed E-state index contributed by atoms with van der Waals surface area (Å²) in [5, 5.41) is 13.4. The molecule has 0 aromatic carbocycles. The molecule has 6 nitrogen and oxygen atoms in total. The van der Waals surface area contributed by atoms with Crippen LogP contribution in [0.2, 0.25) is 0 Å². The predicted octanol–water partition coefficient (Wildman–Crippen LogP) is 2.81. The molecule has 3 heterocycles. The third-order valence-electron chi connectivity index (χ3n) is 3.05. The van der Waals surface area contributed by atoms with E-state index in [-0.39, 0.29) is 17.6 Å². The Bertz CT molecular complexity index is 786. The lowest BCUT2D eigenvalue weighted by Gasteiger charge is -1.98. The van der Waals surface area contributed by atoms with Gasteiger partial charge in [0.1, 0.15) is 0 Å². The minimum Gasteiger partial charge on any atom is -0.475 e. The average Bonchev–Trinajstić information content (AvgIpc) is 3.02. The van der Waals surface area contributed by atoms with E-state index >= 15 is 0 Å². The minimum absolute atomic E-state index is 0.0274. The van der Waals surface area contributed by atoms with Crippen LogP contribution in [0.4, 0.5) is 0 Å². The quantitative estimate of drug-likeness (QED) is 0.792. The first-order chi connectivity index (χ1) is 9.58. The number of hydrogen-bond acceptors (Lipinski definition) is 4. The standard InChI is InChI=1S/C14H13N3O3/c1-8(2)11-12(14(18)19)20-13(16-11)9-7-15-17-6-4-3-5-10(9)17/h3-8H,1-2H3,(H,18,19). The molecule has 0 unspecified atom stereocenters. The zero-order valence-electron chi connectivity index (χ0n) is 11.1. The molecule has 0 saturated carbocycles. The van der Waals surface area contributed by atoms with Crippen molar-refractivity contribution in [2.75, 3.05) is 0 Å². The van der Waals surface area contributed by atoms with Gasteiger partial charge in [0.2, 0.25) is 11.7 Å². The number of aromatic carboxylic acids is 1. The summed E-state index contributed by atoms with van der Waals surface area (Å²) in [6.45, 7) is 3.76. The van der Waals surface area contributed by atoms with Crippen molar-refractivity contribution in [3.63, 3.8) is 0 Å². The lowest BCUT2D eigenvalue weighted by atomic mass is 10.1. The first-order valence-corrected chi connectivity index (χ1v) is 6.24. The van der Waals surface area contributed by atoms with Crippen LogP contribution in [-0.2, 0) is 0 Å². The Morgan fingerprint density at radius 3 is 2.85 bits per heavy atom. The van der Waals surface area contributed by atoms with Crippen LogP contribution in [-0.4, -0.2) is 25.7 Å². The zero-order chi connectivity index (χ0) is 14.3. The molecule has 1 N–H and O–H groups in total. The van der Waals surface area contributed by atoms with Gasteiger partial charge >= 0.3 is 5.97 Å². The average molecular weight is 271 g/mol. The van der Waals surface area contributed by atoms with Crippen LogP contribution >= 0.6 is 0 Å². The third-order valence-corrected chi connectivity index (χ3v) is 3.05. The van der Waals surface area contributed by atoms with E-state index in [0.29, 0.717) is 11.3 Å². The van der Waals surface area contributed by atoms with Crippen molar-refractivity contribution in [3.05, 3.63) is 42.0 Å². The molecule has 0 aliphatic rings. The fraction of sp³-hybridized carbons (Fsp3) is 0.214. The van der Waals surface area contributed by atoms with E-state index in [1.807, 2.05) is 38.2 Å². The number of aromatic nitrogens is 3. The molecule has 0 atom stereocenters. The molecule has 3 rings (SSSR count). The van der Waals surface area contributed by atoms with Crippen LogP contribution in [0.1, 0.15) is 36.0 Å². The molecule has 0 saturated heterocycles. The number of carbonyl (C=O) groups is 1. The highest BCUT2D eigenvalue weighted by molar-refractivity contribution is 5.87. The van der Waals surface area contributed by atoms with Crippen molar-refractivity contribution in [3.8, 4) is 11.5 Å². The van der Waals surface area contributed by atoms with E-state index < -0.39 is 5.97 Å². The molecule has 0 radical (unpaired) electrons. The highest BCUT2D eigenvalue weighted by atomic mass is 16.4. The smallest absolute Gasteiger partial charge is 0.373 e. The largest absolute Gasteiger partial charge is 0.475 e. The second-order valence-electron chi connectivity index (χ2n) is 4.78. The summed E-state index contributed by atoms with van der Waals surface area (Å²) >= 11 is 0. The van der Waals surface area contributed by atoms with Crippen molar-refractivity contribution in [2.24, 2.45) is 0 Å². The van der Waals surface area contributed by atoms with Crippen molar-refractivity contribution >= 4 is 11.5 Å². The highest BCUT2D eigenvalue weighted by Crippen LogP contribution is 2.29. The van der Waals surface area contributed by atoms with E-state index in [4.69, 9.17) is 4.42 Å². The maximum Gasteiger partial charge on any atom is 0.373 e. The molecule has 0 aliphatic heterocycles. The van der Waals surface area contributed by atoms with Gasteiger partial charge in [-0.05, 0) is 18.1 Å². The van der Waals surface area contributed by atoms with Crippen LogP contribution in [0, 0.1) is 0 Å². The van der Waals surface area contributed by atoms with Crippen molar-refractivity contribution in [2.45, 2.75) is 19.8 Å². The normalized spacial score (nSPS) is 11.3. The Hall–Kier alpha value is -2.63. The van der Waals surface area contributed by atoms with Gasteiger partial charge in [0.25, 0.3) is 0 Å².